The number of likely N-dealkylation sites (N-methyl/N-ethyl adjacent to an activating group) is 1. The van der Waals surface area contributed by atoms with Gasteiger partial charge in [-0.2, -0.15) is 0 Å². The summed E-state index contributed by atoms with van der Waals surface area (Å²) in [5, 5.41) is 2.92. The molecule has 1 unspecified atom stereocenters. The Kier molecular flexibility index (Phi) is 5.88. The van der Waals surface area contributed by atoms with Crippen molar-refractivity contribution >= 4 is 5.91 Å². The molecule has 1 atom stereocenters. The minimum atomic E-state index is 0.106. The quantitative estimate of drug-likeness (QED) is 0.681. The van der Waals surface area contributed by atoms with Crippen molar-refractivity contribution in [2.24, 2.45) is 5.73 Å². The van der Waals surface area contributed by atoms with Crippen molar-refractivity contribution < 1.29 is 4.79 Å². The summed E-state index contributed by atoms with van der Waals surface area (Å²) >= 11 is 0. The van der Waals surface area contributed by atoms with Gasteiger partial charge in [-0.25, -0.2) is 0 Å². The van der Waals surface area contributed by atoms with Crippen molar-refractivity contribution in [2.45, 2.75) is 32.4 Å². The summed E-state index contributed by atoms with van der Waals surface area (Å²) < 4.78 is 0. The molecule has 0 radical (unpaired) electrons. The van der Waals surface area contributed by atoms with Crippen molar-refractivity contribution in [3.63, 3.8) is 0 Å². The van der Waals surface area contributed by atoms with E-state index < -0.39 is 0 Å². The fourth-order valence-corrected chi connectivity index (χ4v) is 2.14. The predicted molar refractivity (Wildman–Crippen MR) is 69.8 cm³/mol. The lowest BCUT2D eigenvalue weighted by Gasteiger charge is -2.37. The first kappa shape index (κ1) is 14.4. The molecule has 1 heterocycles. The Morgan fingerprint density at radius 1 is 1.29 bits per heavy atom. The molecule has 100 valence electrons. The van der Waals surface area contributed by atoms with E-state index in [2.05, 4.69) is 22.2 Å². The van der Waals surface area contributed by atoms with Crippen LogP contribution in [0.4, 0.5) is 0 Å². The maximum absolute atomic E-state index is 11.7. The van der Waals surface area contributed by atoms with Crippen LogP contribution in [-0.4, -0.2) is 67.6 Å². The van der Waals surface area contributed by atoms with Crippen LogP contribution in [0.5, 0.6) is 0 Å². The Morgan fingerprint density at radius 2 is 1.88 bits per heavy atom. The van der Waals surface area contributed by atoms with Crippen LogP contribution < -0.4 is 11.1 Å². The zero-order valence-electron chi connectivity index (χ0n) is 11.3. The van der Waals surface area contributed by atoms with E-state index in [1.54, 1.807) is 0 Å². The van der Waals surface area contributed by atoms with Gasteiger partial charge in [0.2, 0.25) is 5.91 Å². The molecule has 0 aromatic heterocycles. The van der Waals surface area contributed by atoms with Gasteiger partial charge in [-0.15, -0.1) is 0 Å². The largest absolute Gasteiger partial charge is 0.354 e. The van der Waals surface area contributed by atoms with Crippen LogP contribution >= 0.6 is 0 Å². The fraction of sp³-hybridized carbons (Fsp3) is 0.917. The Labute approximate surface area is 104 Å². The van der Waals surface area contributed by atoms with E-state index in [1.807, 2.05) is 13.8 Å². The van der Waals surface area contributed by atoms with Gasteiger partial charge in [-0.1, -0.05) is 0 Å². The molecule has 1 aliphatic heterocycles. The monoisotopic (exact) mass is 242 g/mol. The molecule has 0 aromatic rings. The third-order valence-electron chi connectivity index (χ3n) is 3.20. The molecular weight excluding hydrogens is 216 g/mol. The second kappa shape index (κ2) is 6.93. The normalized spacial score (nSPS) is 20.5. The van der Waals surface area contributed by atoms with Gasteiger partial charge in [-0.05, 0) is 20.9 Å². The number of hydrogen-bond donors (Lipinski definition) is 2. The maximum atomic E-state index is 11.7. The number of carbonyl (C=O) groups is 1. The molecule has 0 aromatic carbocycles. The van der Waals surface area contributed by atoms with Crippen LogP contribution in [-0.2, 0) is 4.79 Å². The van der Waals surface area contributed by atoms with Crippen LogP contribution in [0.15, 0.2) is 0 Å². The molecular formula is C12H26N4O. The molecule has 5 heteroatoms. The Hall–Kier alpha value is -0.650. The zero-order valence-corrected chi connectivity index (χ0v) is 11.3. The second-order valence-corrected chi connectivity index (χ2v) is 5.16. The van der Waals surface area contributed by atoms with E-state index >= 15 is 0 Å². The lowest BCUT2D eigenvalue weighted by molar-refractivity contribution is -0.122. The summed E-state index contributed by atoms with van der Waals surface area (Å²) in [6, 6.07) is 0.385. The minimum Gasteiger partial charge on any atom is -0.354 e. The highest BCUT2D eigenvalue weighted by atomic mass is 16.1. The van der Waals surface area contributed by atoms with Crippen molar-refractivity contribution in [3.8, 4) is 0 Å². The van der Waals surface area contributed by atoms with Gasteiger partial charge in [0, 0.05) is 51.2 Å². The standard InChI is InChI=1S/C12H26N4O/c1-10(2)14-12(17)8-11(9-13)16-6-4-15(3)5-7-16/h10-11H,4-9,13H2,1-3H3,(H,14,17). The highest BCUT2D eigenvalue weighted by Gasteiger charge is 2.23. The third kappa shape index (κ3) is 5.02. The van der Waals surface area contributed by atoms with Crippen LogP contribution in [0.2, 0.25) is 0 Å². The van der Waals surface area contributed by atoms with E-state index in [0.29, 0.717) is 13.0 Å². The Balaban J connectivity index is 2.39. The number of nitrogens with one attached hydrogen (secondary N) is 1. The topological polar surface area (TPSA) is 61.6 Å². The first-order valence-electron chi connectivity index (χ1n) is 6.45. The van der Waals surface area contributed by atoms with Gasteiger partial charge < -0.3 is 16.0 Å². The number of hydrogen-bond acceptors (Lipinski definition) is 4. The lowest BCUT2D eigenvalue weighted by Crippen LogP contribution is -2.52. The van der Waals surface area contributed by atoms with Crippen molar-refractivity contribution in [1.29, 1.82) is 0 Å². The van der Waals surface area contributed by atoms with Gasteiger partial charge in [0.05, 0.1) is 0 Å². The molecule has 1 fully saturated rings. The Morgan fingerprint density at radius 3 is 2.35 bits per heavy atom. The van der Waals surface area contributed by atoms with Gasteiger partial charge in [0.1, 0.15) is 0 Å². The molecule has 0 spiro atoms. The first-order chi connectivity index (χ1) is 8.02. The SMILES string of the molecule is CC(C)NC(=O)CC(CN)N1CCN(C)CC1. The second-order valence-electron chi connectivity index (χ2n) is 5.16. The van der Waals surface area contributed by atoms with Gasteiger partial charge in [0.15, 0.2) is 0 Å². The summed E-state index contributed by atoms with van der Waals surface area (Å²) in [7, 11) is 2.13. The molecule has 5 nitrogen and oxygen atoms in total. The number of nitrogens with zero attached hydrogens (tertiary/aromatic N) is 2. The summed E-state index contributed by atoms with van der Waals surface area (Å²) in [4.78, 5) is 16.4. The molecule has 0 bridgehead atoms. The van der Waals surface area contributed by atoms with E-state index in [-0.39, 0.29) is 18.0 Å². The van der Waals surface area contributed by atoms with E-state index in [1.165, 1.54) is 0 Å². The number of rotatable bonds is 5. The van der Waals surface area contributed by atoms with Crippen molar-refractivity contribution in [3.05, 3.63) is 0 Å². The summed E-state index contributed by atoms with van der Waals surface area (Å²) in [5.41, 5.74) is 5.78. The summed E-state index contributed by atoms with van der Waals surface area (Å²) in [5.74, 6) is 0.106. The zero-order chi connectivity index (χ0) is 12.8. The molecule has 17 heavy (non-hydrogen) atoms. The average molecular weight is 242 g/mol. The maximum Gasteiger partial charge on any atom is 0.221 e. The molecule has 0 aliphatic carbocycles. The van der Waals surface area contributed by atoms with E-state index in [0.717, 1.165) is 26.2 Å². The molecule has 0 saturated carbocycles. The molecule has 3 N–H and O–H groups in total. The smallest absolute Gasteiger partial charge is 0.221 e. The molecule has 1 aliphatic rings. The highest BCUT2D eigenvalue weighted by molar-refractivity contribution is 5.76. The van der Waals surface area contributed by atoms with Crippen molar-refractivity contribution in [1.82, 2.24) is 15.1 Å². The van der Waals surface area contributed by atoms with Crippen molar-refractivity contribution in [2.75, 3.05) is 39.8 Å². The minimum absolute atomic E-state index is 0.106. The van der Waals surface area contributed by atoms with Crippen LogP contribution in [0.3, 0.4) is 0 Å². The van der Waals surface area contributed by atoms with Crippen LogP contribution in [0.1, 0.15) is 20.3 Å². The van der Waals surface area contributed by atoms with Crippen LogP contribution in [0.25, 0.3) is 0 Å². The highest BCUT2D eigenvalue weighted by Crippen LogP contribution is 2.07. The van der Waals surface area contributed by atoms with Gasteiger partial charge in [0.25, 0.3) is 0 Å². The average Bonchev–Trinajstić information content (AvgIpc) is 2.26. The molecule has 1 amide bonds. The fourth-order valence-electron chi connectivity index (χ4n) is 2.14. The number of piperazine rings is 1. The molecule has 1 saturated heterocycles. The number of nitrogens with two attached hydrogens (primary N) is 1. The van der Waals surface area contributed by atoms with E-state index in [9.17, 15) is 4.79 Å². The Bertz CT molecular complexity index is 237. The third-order valence-corrected chi connectivity index (χ3v) is 3.20. The summed E-state index contributed by atoms with van der Waals surface area (Å²) in [6.07, 6.45) is 0.512. The lowest BCUT2D eigenvalue weighted by atomic mass is 10.1. The number of carbonyl (C=O) groups excluding carboxylic acids is 1. The number of amides is 1. The van der Waals surface area contributed by atoms with Gasteiger partial charge in [-0.3, -0.25) is 9.69 Å². The first-order valence-corrected chi connectivity index (χ1v) is 6.45. The summed E-state index contributed by atoms with van der Waals surface area (Å²) in [6.45, 7) is 8.64. The predicted octanol–water partition coefficient (Wildman–Crippen LogP) is -0.524. The van der Waals surface area contributed by atoms with E-state index in [4.69, 9.17) is 5.73 Å². The van der Waals surface area contributed by atoms with Crippen LogP contribution in [0, 0.1) is 0 Å². The van der Waals surface area contributed by atoms with Gasteiger partial charge >= 0.3 is 0 Å². The molecule has 1 rings (SSSR count).